The molecule has 0 fully saturated rings. The molecular formula is C16H16IN. The lowest BCUT2D eigenvalue weighted by molar-refractivity contribution is 0.742. The van der Waals surface area contributed by atoms with Gasteiger partial charge in [-0.15, -0.1) is 0 Å². The van der Waals surface area contributed by atoms with E-state index < -0.39 is 0 Å². The van der Waals surface area contributed by atoms with Crippen molar-refractivity contribution < 1.29 is 0 Å². The lowest BCUT2D eigenvalue weighted by atomic mass is 9.91. The van der Waals surface area contributed by atoms with E-state index in [1.54, 1.807) is 0 Å². The molecule has 1 aromatic carbocycles. The zero-order valence-electron chi connectivity index (χ0n) is 10.5. The second-order valence-electron chi connectivity index (χ2n) is 4.88. The standard InChI is InChI=1S/C16H16IN/c1-11-16(17)15(12-7-3-2-4-8-12)13-9-5-6-10-14(13)18-11/h5-7,9-10H,2-4,8H2,1H3. The molecule has 0 amide bonds. The Hall–Kier alpha value is -0.900. The minimum atomic E-state index is 1.12. The number of fused-ring (bicyclic) bond motifs is 1. The summed E-state index contributed by atoms with van der Waals surface area (Å²) < 4.78 is 1.32. The highest BCUT2D eigenvalue weighted by molar-refractivity contribution is 14.1. The summed E-state index contributed by atoms with van der Waals surface area (Å²) in [5, 5.41) is 1.31. The lowest BCUT2D eigenvalue weighted by Crippen LogP contribution is -2.00. The van der Waals surface area contributed by atoms with Crippen molar-refractivity contribution in [2.75, 3.05) is 0 Å². The molecule has 0 spiro atoms. The first-order chi connectivity index (χ1) is 8.77. The van der Waals surface area contributed by atoms with Gasteiger partial charge in [-0.3, -0.25) is 4.98 Å². The minimum Gasteiger partial charge on any atom is -0.252 e. The van der Waals surface area contributed by atoms with Gasteiger partial charge in [0.2, 0.25) is 0 Å². The maximum atomic E-state index is 4.70. The van der Waals surface area contributed by atoms with Gasteiger partial charge in [0.15, 0.2) is 0 Å². The topological polar surface area (TPSA) is 12.9 Å². The fourth-order valence-electron chi connectivity index (χ4n) is 2.69. The number of para-hydroxylation sites is 1. The molecule has 0 aliphatic heterocycles. The van der Waals surface area contributed by atoms with Crippen LogP contribution in [-0.2, 0) is 0 Å². The Balaban J connectivity index is 2.31. The number of nitrogens with zero attached hydrogens (tertiary/aromatic N) is 1. The molecule has 0 saturated heterocycles. The van der Waals surface area contributed by atoms with Crippen LogP contribution in [0.2, 0.25) is 0 Å². The molecule has 0 N–H and O–H groups in total. The molecular weight excluding hydrogens is 333 g/mol. The van der Waals surface area contributed by atoms with Crippen molar-refractivity contribution in [3.05, 3.63) is 45.2 Å². The van der Waals surface area contributed by atoms with Crippen LogP contribution in [0, 0.1) is 10.5 Å². The first-order valence-electron chi connectivity index (χ1n) is 6.51. The van der Waals surface area contributed by atoms with Crippen LogP contribution >= 0.6 is 22.6 Å². The highest BCUT2D eigenvalue weighted by Crippen LogP contribution is 2.35. The molecule has 92 valence electrons. The van der Waals surface area contributed by atoms with Crippen molar-refractivity contribution in [3.8, 4) is 0 Å². The third kappa shape index (κ3) is 2.07. The SMILES string of the molecule is Cc1nc2ccccc2c(C2=CCCCC2)c1I. The average molecular weight is 349 g/mol. The zero-order valence-corrected chi connectivity index (χ0v) is 12.7. The summed E-state index contributed by atoms with van der Waals surface area (Å²) in [5.74, 6) is 0. The van der Waals surface area contributed by atoms with E-state index in [-0.39, 0.29) is 0 Å². The fourth-order valence-corrected chi connectivity index (χ4v) is 3.45. The van der Waals surface area contributed by atoms with Crippen LogP contribution in [0.4, 0.5) is 0 Å². The van der Waals surface area contributed by atoms with Gasteiger partial charge < -0.3 is 0 Å². The minimum absolute atomic E-state index is 1.12. The molecule has 1 heterocycles. The van der Waals surface area contributed by atoms with Gasteiger partial charge in [-0.1, -0.05) is 24.3 Å². The van der Waals surface area contributed by atoms with E-state index in [0.717, 1.165) is 11.2 Å². The van der Waals surface area contributed by atoms with Crippen molar-refractivity contribution in [1.82, 2.24) is 4.98 Å². The summed E-state index contributed by atoms with van der Waals surface area (Å²) >= 11 is 2.45. The maximum Gasteiger partial charge on any atom is 0.0712 e. The van der Waals surface area contributed by atoms with Crippen LogP contribution < -0.4 is 0 Å². The van der Waals surface area contributed by atoms with E-state index in [1.165, 1.54) is 45.8 Å². The zero-order chi connectivity index (χ0) is 12.5. The quantitative estimate of drug-likeness (QED) is 0.653. The molecule has 1 nitrogen and oxygen atoms in total. The summed E-state index contributed by atoms with van der Waals surface area (Å²) in [4.78, 5) is 4.70. The number of pyridine rings is 1. The molecule has 18 heavy (non-hydrogen) atoms. The van der Waals surface area contributed by atoms with Gasteiger partial charge in [-0.05, 0) is 66.8 Å². The molecule has 0 saturated carbocycles. The molecule has 0 radical (unpaired) electrons. The number of hydrogen-bond acceptors (Lipinski definition) is 1. The van der Waals surface area contributed by atoms with Gasteiger partial charge in [0, 0.05) is 14.5 Å². The predicted octanol–water partition coefficient (Wildman–Crippen LogP) is 5.11. The van der Waals surface area contributed by atoms with Gasteiger partial charge in [0.1, 0.15) is 0 Å². The van der Waals surface area contributed by atoms with Crippen LogP contribution in [0.15, 0.2) is 30.3 Å². The molecule has 1 aromatic heterocycles. The van der Waals surface area contributed by atoms with E-state index in [4.69, 9.17) is 4.98 Å². The predicted molar refractivity (Wildman–Crippen MR) is 85.6 cm³/mol. The Morgan fingerprint density at radius 3 is 2.78 bits per heavy atom. The van der Waals surface area contributed by atoms with Crippen molar-refractivity contribution >= 4 is 39.1 Å². The number of allylic oxidation sites excluding steroid dienone is 2. The first kappa shape index (κ1) is 12.2. The van der Waals surface area contributed by atoms with Gasteiger partial charge in [0.25, 0.3) is 0 Å². The van der Waals surface area contributed by atoms with E-state index in [0.29, 0.717) is 0 Å². The summed E-state index contributed by atoms with van der Waals surface area (Å²) in [6.07, 6.45) is 7.51. The lowest BCUT2D eigenvalue weighted by Gasteiger charge is -2.17. The summed E-state index contributed by atoms with van der Waals surface area (Å²) in [6.45, 7) is 2.11. The van der Waals surface area contributed by atoms with E-state index in [1.807, 2.05) is 0 Å². The van der Waals surface area contributed by atoms with Gasteiger partial charge in [-0.25, -0.2) is 0 Å². The normalized spacial score (nSPS) is 15.8. The van der Waals surface area contributed by atoms with Gasteiger partial charge in [0.05, 0.1) is 11.2 Å². The Bertz CT molecular complexity index is 628. The Kier molecular flexibility index (Phi) is 3.37. The highest BCUT2D eigenvalue weighted by Gasteiger charge is 2.15. The van der Waals surface area contributed by atoms with Gasteiger partial charge in [-0.2, -0.15) is 0 Å². The second-order valence-corrected chi connectivity index (χ2v) is 5.96. The van der Waals surface area contributed by atoms with Crippen LogP contribution in [-0.4, -0.2) is 4.98 Å². The molecule has 1 aliphatic carbocycles. The number of rotatable bonds is 1. The average Bonchev–Trinajstić information content (AvgIpc) is 2.41. The van der Waals surface area contributed by atoms with Gasteiger partial charge >= 0.3 is 0 Å². The number of aromatic nitrogens is 1. The molecule has 2 aromatic rings. The van der Waals surface area contributed by atoms with E-state index in [2.05, 4.69) is 59.9 Å². The Labute approximate surface area is 121 Å². The number of benzene rings is 1. The monoisotopic (exact) mass is 349 g/mol. The van der Waals surface area contributed by atoms with Crippen LogP contribution in [0.5, 0.6) is 0 Å². The van der Waals surface area contributed by atoms with Crippen LogP contribution in [0.1, 0.15) is 36.9 Å². The third-order valence-electron chi connectivity index (χ3n) is 3.61. The van der Waals surface area contributed by atoms with Crippen molar-refractivity contribution in [2.24, 2.45) is 0 Å². The molecule has 3 rings (SSSR count). The van der Waals surface area contributed by atoms with Crippen LogP contribution in [0.25, 0.3) is 16.5 Å². The number of aryl methyl sites for hydroxylation is 1. The molecule has 2 heteroatoms. The Morgan fingerprint density at radius 2 is 2.00 bits per heavy atom. The maximum absolute atomic E-state index is 4.70. The summed E-state index contributed by atoms with van der Waals surface area (Å²) in [6, 6.07) is 8.50. The molecule has 0 bridgehead atoms. The number of halogens is 1. The summed E-state index contributed by atoms with van der Waals surface area (Å²) in [7, 11) is 0. The molecule has 1 aliphatic rings. The smallest absolute Gasteiger partial charge is 0.0712 e. The second kappa shape index (κ2) is 5.00. The molecule has 0 atom stereocenters. The molecule has 0 unspecified atom stereocenters. The Morgan fingerprint density at radius 1 is 1.17 bits per heavy atom. The highest BCUT2D eigenvalue weighted by atomic mass is 127. The van der Waals surface area contributed by atoms with E-state index >= 15 is 0 Å². The first-order valence-corrected chi connectivity index (χ1v) is 7.59. The number of hydrogen-bond donors (Lipinski definition) is 0. The van der Waals surface area contributed by atoms with Crippen LogP contribution in [0.3, 0.4) is 0 Å². The fraction of sp³-hybridized carbons (Fsp3) is 0.312. The van der Waals surface area contributed by atoms with Crippen molar-refractivity contribution in [1.29, 1.82) is 0 Å². The van der Waals surface area contributed by atoms with Crippen molar-refractivity contribution in [3.63, 3.8) is 0 Å². The van der Waals surface area contributed by atoms with E-state index in [9.17, 15) is 0 Å². The largest absolute Gasteiger partial charge is 0.252 e. The summed E-state index contributed by atoms with van der Waals surface area (Å²) in [5.41, 5.74) is 5.22. The van der Waals surface area contributed by atoms with Crippen molar-refractivity contribution in [2.45, 2.75) is 32.6 Å². The third-order valence-corrected chi connectivity index (χ3v) is 4.93.